The van der Waals surface area contributed by atoms with Crippen molar-refractivity contribution >= 4 is 42.5 Å². The number of carboxylic acids is 1. The fraction of sp³-hybridized carbons (Fsp3) is 0. The average molecular weight is 258 g/mol. The Hall–Kier alpha value is -0.901. The third-order valence-electron chi connectivity index (χ3n) is 1.67. The SMILES string of the molecule is O=C(O)c1ccc2[se]c(=S)[nH]c2c1. The van der Waals surface area contributed by atoms with Crippen LogP contribution in [-0.2, 0) is 0 Å². The van der Waals surface area contributed by atoms with Gasteiger partial charge in [-0.2, -0.15) is 0 Å². The van der Waals surface area contributed by atoms with Gasteiger partial charge in [-0.3, -0.25) is 0 Å². The summed E-state index contributed by atoms with van der Waals surface area (Å²) in [6.45, 7) is 0. The number of aromatic carboxylic acids is 1. The van der Waals surface area contributed by atoms with E-state index in [1.807, 2.05) is 6.07 Å². The number of carboxylic acid groups (broad SMARTS) is 1. The maximum atomic E-state index is 10.6. The molecule has 0 aliphatic rings. The summed E-state index contributed by atoms with van der Waals surface area (Å²) in [6, 6.07) is 5.06. The molecule has 1 aromatic heterocycles. The van der Waals surface area contributed by atoms with Crippen LogP contribution in [0.3, 0.4) is 0 Å². The Morgan fingerprint density at radius 2 is 2.31 bits per heavy atom. The van der Waals surface area contributed by atoms with E-state index in [0.29, 0.717) is 5.56 Å². The second kappa shape index (κ2) is 3.10. The number of aromatic amines is 1. The van der Waals surface area contributed by atoms with Crippen molar-refractivity contribution < 1.29 is 9.90 Å². The normalized spacial score (nSPS) is 10.5. The number of benzene rings is 1. The van der Waals surface area contributed by atoms with Gasteiger partial charge in [0.25, 0.3) is 0 Å². The second-order valence-electron chi connectivity index (χ2n) is 2.53. The van der Waals surface area contributed by atoms with Crippen LogP contribution in [0.1, 0.15) is 10.4 Å². The number of rotatable bonds is 1. The maximum absolute atomic E-state index is 10.6. The molecule has 0 saturated heterocycles. The zero-order valence-electron chi connectivity index (χ0n) is 6.40. The quantitative estimate of drug-likeness (QED) is 0.604. The van der Waals surface area contributed by atoms with Crippen molar-refractivity contribution in [1.29, 1.82) is 0 Å². The van der Waals surface area contributed by atoms with Gasteiger partial charge in [-0.05, 0) is 0 Å². The van der Waals surface area contributed by atoms with E-state index in [9.17, 15) is 4.79 Å². The van der Waals surface area contributed by atoms with Gasteiger partial charge in [-0.15, -0.1) is 0 Å². The van der Waals surface area contributed by atoms with Gasteiger partial charge in [0.05, 0.1) is 0 Å². The number of nitrogens with one attached hydrogen (secondary N) is 1. The molecule has 13 heavy (non-hydrogen) atoms. The Balaban J connectivity index is 2.74. The molecule has 1 heterocycles. The van der Waals surface area contributed by atoms with E-state index in [1.165, 1.54) is 0 Å². The first kappa shape index (κ1) is 8.69. The van der Waals surface area contributed by atoms with E-state index in [-0.39, 0.29) is 14.5 Å². The van der Waals surface area contributed by atoms with E-state index in [2.05, 4.69) is 4.98 Å². The molecule has 0 aliphatic heterocycles. The van der Waals surface area contributed by atoms with Crippen LogP contribution < -0.4 is 0 Å². The van der Waals surface area contributed by atoms with Crippen LogP contribution in [0.4, 0.5) is 0 Å². The van der Waals surface area contributed by atoms with Crippen molar-refractivity contribution in [2.24, 2.45) is 0 Å². The number of hydrogen-bond donors (Lipinski definition) is 2. The summed E-state index contributed by atoms with van der Waals surface area (Å²) in [5.41, 5.74) is 1.15. The van der Waals surface area contributed by atoms with Crippen LogP contribution >= 0.6 is 12.2 Å². The first-order valence-corrected chi connectivity index (χ1v) is 5.65. The first-order chi connectivity index (χ1) is 6.16. The van der Waals surface area contributed by atoms with E-state index in [0.717, 1.165) is 13.3 Å². The fourth-order valence-electron chi connectivity index (χ4n) is 1.09. The summed E-state index contributed by atoms with van der Waals surface area (Å²) in [5, 5.41) is 8.73. The monoisotopic (exact) mass is 259 g/mol. The van der Waals surface area contributed by atoms with Crippen molar-refractivity contribution in [2.75, 3.05) is 0 Å². The third-order valence-corrected chi connectivity index (χ3v) is 4.01. The summed E-state index contributed by atoms with van der Waals surface area (Å²) >= 11 is 5.17. The summed E-state index contributed by atoms with van der Waals surface area (Å²) in [7, 11) is 0. The minimum atomic E-state index is -0.907. The molecule has 0 amide bonds. The molecule has 0 saturated carbocycles. The summed E-state index contributed by atoms with van der Waals surface area (Å²) < 4.78 is 1.94. The van der Waals surface area contributed by atoms with Crippen molar-refractivity contribution in [2.45, 2.75) is 0 Å². The Morgan fingerprint density at radius 1 is 1.54 bits per heavy atom. The molecule has 0 fully saturated rings. The molecule has 0 radical (unpaired) electrons. The van der Waals surface area contributed by atoms with Crippen LogP contribution in [0.5, 0.6) is 0 Å². The minimum absolute atomic E-state index is 0.168. The number of fused-ring (bicyclic) bond motifs is 1. The molecule has 5 heteroatoms. The zero-order valence-corrected chi connectivity index (χ0v) is 8.93. The molecular weight excluding hydrogens is 253 g/mol. The van der Waals surface area contributed by atoms with Crippen LogP contribution in [0.15, 0.2) is 18.2 Å². The van der Waals surface area contributed by atoms with Gasteiger partial charge in [0.15, 0.2) is 0 Å². The molecule has 2 N–H and O–H groups in total. The summed E-state index contributed by atoms with van der Waals surface area (Å²) in [5.74, 6) is -0.907. The van der Waals surface area contributed by atoms with Crippen molar-refractivity contribution in [1.82, 2.24) is 4.98 Å². The van der Waals surface area contributed by atoms with Crippen molar-refractivity contribution in [3.8, 4) is 0 Å². The molecule has 2 rings (SSSR count). The van der Waals surface area contributed by atoms with E-state index >= 15 is 0 Å². The van der Waals surface area contributed by atoms with Gasteiger partial charge >= 0.3 is 84.6 Å². The van der Waals surface area contributed by atoms with Crippen LogP contribution in [0.2, 0.25) is 0 Å². The van der Waals surface area contributed by atoms with Gasteiger partial charge in [0, 0.05) is 0 Å². The summed E-state index contributed by atoms with van der Waals surface area (Å²) in [6.07, 6.45) is 0. The van der Waals surface area contributed by atoms with E-state index in [1.54, 1.807) is 12.1 Å². The predicted octanol–water partition coefficient (Wildman–Crippen LogP) is 1.65. The van der Waals surface area contributed by atoms with Gasteiger partial charge in [-0.25, -0.2) is 0 Å². The fourth-order valence-corrected chi connectivity index (χ4v) is 3.17. The van der Waals surface area contributed by atoms with Gasteiger partial charge in [0.1, 0.15) is 0 Å². The van der Waals surface area contributed by atoms with Gasteiger partial charge in [0.2, 0.25) is 0 Å². The molecule has 3 nitrogen and oxygen atoms in total. The van der Waals surface area contributed by atoms with Gasteiger partial charge in [-0.1, -0.05) is 0 Å². The second-order valence-corrected chi connectivity index (χ2v) is 5.73. The Kier molecular flexibility index (Phi) is 2.07. The van der Waals surface area contributed by atoms with Gasteiger partial charge < -0.3 is 0 Å². The molecule has 2 aromatic rings. The third kappa shape index (κ3) is 1.58. The molecule has 0 atom stereocenters. The van der Waals surface area contributed by atoms with E-state index in [4.69, 9.17) is 17.3 Å². The molecule has 0 spiro atoms. The topological polar surface area (TPSA) is 53.1 Å². The molecule has 0 unspecified atom stereocenters. The molecular formula is C8H5NO2SSe. The number of H-pyrrole nitrogens is 1. The number of carbonyl (C=O) groups is 1. The molecule has 0 bridgehead atoms. The predicted molar refractivity (Wildman–Crippen MR) is 53.0 cm³/mol. The standard InChI is InChI=1S/C8H5NO2SSe/c10-7(11)4-1-2-6-5(3-4)9-8(12)13-6/h1-3H,(H,9,12)(H,10,11). The molecule has 0 aliphatic carbocycles. The Labute approximate surface area is 84.8 Å². The Morgan fingerprint density at radius 3 is 3.00 bits per heavy atom. The number of aromatic nitrogens is 1. The number of hydrogen-bond acceptors (Lipinski definition) is 2. The average Bonchev–Trinajstić information content (AvgIpc) is 2.42. The zero-order chi connectivity index (χ0) is 9.42. The van der Waals surface area contributed by atoms with Crippen molar-refractivity contribution in [3.05, 3.63) is 27.3 Å². The summed E-state index contributed by atoms with van der Waals surface area (Å²) in [4.78, 5) is 13.6. The first-order valence-electron chi connectivity index (χ1n) is 3.53. The molecule has 66 valence electrons. The Bertz CT molecular complexity index is 528. The van der Waals surface area contributed by atoms with Crippen LogP contribution in [0, 0.1) is 3.51 Å². The van der Waals surface area contributed by atoms with Crippen molar-refractivity contribution in [3.63, 3.8) is 0 Å². The van der Waals surface area contributed by atoms with Crippen LogP contribution in [-0.4, -0.2) is 30.6 Å². The van der Waals surface area contributed by atoms with Crippen LogP contribution in [0.25, 0.3) is 9.78 Å². The van der Waals surface area contributed by atoms with E-state index < -0.39 is 5.97 Å². The molecule has 1 aromatic carbocycles.